The molecule has 0 saturated carbocycles. The van der Waals surface area contributed by atoms with Crippen LogP contribution in [0.5, 0.6) is 11.5 Å². The van der Waals surface area contributed by atoms with Crippen LogP contribution in [0.4, 0.5) is 0 Å². The van der Waals surface area contributed by atoms with Crippen molar-refractivity contribution in [2.45, 2.75) is 32.4 Å². The molecule has 2 N–H and O–H groups in total. The van der Waals surface area contributed by atoms with E-state index in [1.165, 1.54) is 5.56 Å². The van der Waals surface area contributed by atoms with Crippen molar-refractivity contribution in [3.8, 4) is 11.5 Å². The molecule has 0 spiro atoms. The molecule has 0 aliphatic carbocycles. The van der Waals surface area contributed by atoms with Crippen LogP contribution in [0.25, 0.3) is 0 Å². The number of hydrogen-bond acceptors (Lipinski definition) is 3. The first-order valence-corrected chi connectivity index (χ1v) is 8.88. The van der Waals surface area contributed by atoms with E-state index in [-0.39, 0.29) is 0 Å². The molecule has 5 heteroatoms. The number of rotatable bonds is 8. The maximum absolute atomic E-state index is 5.35. The third-order valence-electron chi connectivity index (χ3n) is 4.22. The summed E-state index contributed by atoms with van der Waals surface area (Å²) < 4.78 is 10.6. The Morgan fingerprint density at radius 3 is 2.38 bits per heavy atom. The van der Waals surface area contributed by atoms with Gasteiger partial charge in [-0.05, 0) is 43.0 Å². The summed E-state index contributed by atoms with van der Waals surface area (Å²) in [7, 11) is 5.07. The molecule has 0 aromatic heterocycles. The second kappa shape index (κ2) is 10.3. The highest BCUT2D eigenvalue weighted by atomic mass is 16.5. The van der Waals surface area contributed by atoms with Crippen molar-refractivity contribution in [1.29, 1.82) is 0 Å². The summed E-state index contributed by atoms with van der Waals surface area (Å²) in [5, 5.41) is 6.79. The minimum absolute atomic E-state index is 0.326. The molecule has 0 amide bonds. The van der Waals surface area contributed by atoms with E-state index in [2.05, 4.69) is 46.8 Å². The molecular formula is C21H29N3O2. The van der Waals surface area contributed by atoms with Gasteiger partial charge < -0.3 is 20.1 Å². The predicted octanol–water partition coefficient (Wildman–Crippen LogP) is 3.39. The van der Waals surface area contributed by atoms with Crippen LogP contribution in [-0.4, -0.2) is 33.3 Å². The van der Waals surface area contributed by atoms with Gasteiger partial charge >= 0.3 is 0 Å². The Balaban J connectivity index is 1.83. The highest BCUT2D eigenvalue weighted by molar-refractivity contribution is 5.79. The van der Waals surface area contributed by atoms with Gasteiger partial charge in [0.05, 0.1) is 14.2 Å². The minimum atomic E-state index is 0.326. The quantitative estimate of drug-likeness (QED) is 0.563. The zero-order valence-corrected chi connectivity index (χ0v) is 16.1. The SMILES string of the molecule is CN=C(NCc1ccc(OC)c(OC)c1)NC(C)CCc1ccccc1. The van der Waals surface area contributed by atoms with Gasteiger partial charge in [-0.25, -0.2) is 0 Å². The molecule has 140 valence electrons. The van der Waals surface area contributed by atoms with Crippen LogP contribution in [0, 0.1) is 0 Å². The lowest BCUT2D eigenvalue weighted by molar-refractivity contribution is 0.354. The fourth-order valence-corrected chi connectivity index (χ4v) is 2.70. The summed E-state index contributed by atoms with van der Waals surface area (Å²) in [6.07, 6.45) is 2.09. The maximum atomic E-state index is 5.35. The summed E-state index contributed by atoms with van der Waals surface area (Å²) in [6.45, 7) is 2.83. The second-order valence-corrected chi connectivity index (χ2v) is 6.18. The van der Waals surface area contributed by atoms with Gasteiger partial charge in [-0.2, -0.15) is 0 Å². The Morgan fingerprint density at radius 2 is 1.73 bits per heavy atom. The summed E-state index contributed by atoms with van der Waals surface area (Å²) >= 11 is 0. The number of aryl methyl sites for hydroxylation is 1. The third kappa shape index (κ3) is 5.99. The van der Waals surface area contributed by atoms with Crippen molar-refractivity contribution < 1.29 is 9.47 Å². The van der Waals surface area contributed by atoms with Crippen molar-refractivity contribution in [1.82, 2.24) is 10.6 Å². The predicted molar refractivity (Wildman–Crippen MR) is 107 cm³/mol. The van der Waals surface area contributed by atoms with Crippen LogP contribution in [-0.2, 0) is 13.0 Å². The molecule has 2 rings (SSSR count). The normalized spacial score (nSPS) is 12.4. The Bertz CT molecular complexity index is 702. The van der Waals surface area contributed by atoms with E-state index in [1.807, 2.05) is 24.3 Å². The zero-order chi connectivity index (χ0) is 18.8. The van der Waals surface area contributed by atoms with E-state index >= 15 is 0 Å². The number of aliphatic imine (C=N–C) groups is 1. The van der Waals surface area contributed by atoms with Gasteiger partial charge in [0.2, 0.25) is 0 Å². The van der Waals surface area contributed by atoms with Gasteiger partial charge in [-0.15, -0.1) is 0 Å². The zero-order valence-electron chi connectivity index (χ0n) is 16.1. The van der Waals surface area contributed by atoms with Crippen molar-refractivity contribution >= 4 is 5.96 Å². The average Bonchev–Trinajstić information content (AvgIpc) is 2.70. The summed E-state index contributed by atoms with van der Waals surface area (Å²) in [5.74, 6) is 2.25. The number of nitrogens with one attached hydrogen (secondary N) is 2. The molecule has 1 unspecified atom stereocenters. The standard InChI is InChI=1S/C21H29N3O2/c1-16(10-11-17-8-6-5-7-9-17)24-21(22-2)23-15-18-12-13-19(25-3)20(14-18)26-4/h5-9,12-14,16H,10-11,15H2,1-4H3,(H2,22,23,24). The second-order valence-electron chi connectivity index (χ2n) is 6.18. The van der Waals surface area contributed by atoms with Gasteiger partial charge in [0.15, 0.2) is 17.5 Å². The molecule has 0 bridgehead atoms. The molecule has 2 aromatic rings. The molecule has 0 aliphatic rings. The van der Waals surface area contributed by atoms with Crippen molar-refractivity contribution in [3.05, 3.63) is 59.7 Å². The lowest BCUT2D eigenvalue weighted by Gasteiger charge is -2.18. The first-order chi connectivity index (χ1) is 12.7. The highest BCUT2D eigenvalue weighted by Crippen LogP contribution is 2.27. The first-order valence-electron chi connectivity index (χ1n) is 8.88. The fraction of sp³-hybridized carbons (Fsp3) is 0.381. The molecule has 0 radical (unpaired) electrons. The average molecular weight is 355 g/mol. The smallest absolute Gasteiger partial charge is 0.191 e. The van der Waals surface area contributed by atoms with Crippen molar-refractivity contribution in [2.24, 2.45) is 4.99 Å². The molecule has 0 fully saturated rings. The topological polar surface area (TPSA) is 54.9 Å². The molecule has 0 aliphatic heterocycles. The lowest BCUT2D eigenvalue weighted by Crippen LogP contribution is -2.42. The largest absolute Gasteiger partial charge is 0.493 e. The van der Waals surface area contributed by atoms with Gasteiger partial charge in [0, 0.05) is 19.6 Å². The van der Waals surface area contributed by atoms with Crippen LogP contribution in [0.15, 0.2) is 53.5 Å². The lowest BCUT2D eigenvalue weighted by atomic mass is 10.1. The first kappa shape index (κ1) is 19.6. The third-order valence-corrected chi connectivity index (χ3v) is 4.22. The van der Waals surface area contributed by atoms with Crippen LogP contribution in [0.1, 0.15) is 24.5 Å². The van der Waals surface area contributed by atoms with Crippen LogP contribution in [0.2, 0.25) is 0 Å². The van der Waals surface area contributed by atoms with Crippen LogP contribution < -0.4 is 20.1 Å². The Hall–Kier alpha value is -2.69. The summed E-state index contributed by atoms with van der Waals surface area (Å²) in [5.41, 5.74) is 2.46. The van der Waals surface area contributed by atoms with Gasteiger partial charge in [-0.1, -0.05) is 36.4 Å². The molecule has 2 aromatic carbocycles. The van der Waals surface area contributed by atoms with E-state index in [1.54, 1.807) is 21.3 Å². The van der Waals surface area contributed by atoms with Crippen molar-refractivity contribution in [3.63, 3.8) is 0 Å². The maximum Gasteiger partial charge on any atom is 0.191 e. The van der Waals surface area contributed by atoms with Gasteiger partial charge in [-0.3, -0.25) is 4.99 Å². The van der Waals surface area contributed by atoms with E-state index in [0.29, 0.717) is 12.6 Å². The summed E-state index contributed by atoms with van der Waals surface area (Å²) in [4.78, 5) is 4.31. The molecule has 1 atom stereocenters. The van der Waals surface area contributed by atoms with E-state index in [0.717, 1.165) is 35.9 Å². The number of nitrogens with zero attached hydrogens (tertiary/aromatic N) is 1. The molecule has 5 nitrogen and oxygen atoms in total. The molecular weight excluding hydrogens is 326 g/mol. The Morgan fingerprint density at radius 1 is 1.00 bits per heavy atom. The van der Waals surface area contributed by atoms with Gasteiger partial charge in [0.1, 0.15) is 0 Å². The monoisotopic (exact) mass is 355 g/mol. The molecule has 0 heterocycles. The molecule has 26 heavy (non-hydrogen) atoms. The fourth-order valence-electron chi connectivity index (χ4n) is 2.70. The highest BCUT2D eigenvalue weighted by Gasteiger charge is 2.08. The number of benzene rings is 2. The van der Waals surface area contributed by atoms with E-state index in [4.69, 9.17) is 9.47 Å². The van der Waals surface area contributed by atoms with Crippen LogP contribution >= 0.6 is 0 Å². The van der Waals surface area contributed by atoms with E-state index < -0.39 is 0 Å². The number of hydrogen-bond donors (Lipinski definition) is 2. The Kier molecular flexibility index (Phi) is 7.80. The van der Waals surface area contributed by atoms with Crippen molar-refractivity contribution in [2.75, 3.05) is 21.3 Å². The Labute approximate surface area is 156 Å². The summed E-state index contributed by atoms with van der Waals surface area (Å²) in [6, 6.07) is 16.8. The van der Waals surface area contributed by atoms with Crippen LogP contribution in [0.3, 0.4) is 0 Å². The van der Waals surface area contributed by atoms with Gasteiger partial charge in [0.25, 0.3) is 0 Å². The van der Waals surface area contributed by atoms with E-state index in [9.17, 15) is 0 Å². The number of guanidine groups is 1. The molecule has 0 saturated heterocycles. The number of ether oxygens (including phenoxy) is 2. The minimum Gasteiger partial charge on any atom is -0.493 e. The number of methoxy groups -OCH3 is 2.